The summed E-state index contributed by atoms with van der Waals surface area (Å²) < 4.78 is 1.05. The lowest BCUT2D eigenvalue weighted by atomic mass is 9.85. The molecule has 0 saturated heterocycles. The van der Waals surface area contributed by atoms with E-state index in [1.54, 1.807) is 0 Å². The van der Waals surface area contributed by atoms with Gasteiger partial charge in [-0.05, 0) is 37.5 Å². The van der Waals surface area contributed by atoms with Crippen LogP contribution >= 0.6 is 15.9 Å². The van der Waals surface area contributed by atoms with Crippen LogP contribution in [0, 0.1) is 5.41 Å². The van der Waals surface area contributed by atoms with E-state index in [9.17, 15) is 4.79 Å². The summed E-state index contributed by atoms with van der Waals surface area (Å²) in [6, 6.07) is 8.06. The Morgan fingerprint density at radius 3 is 2.47 bits per heavy atom. The van der Waals surface area contributed by atoms with Crippen LogP contribution in [0.4, 0.5) is 0 Å². The van der Waals surface area contributed by atoms with Crippen molar-refractivity contribution in [3.8, 4) is 0 Å². The Hall–Kier alpha value is -0.870. The quantitative estimate of drug-likeness (QED) is 0.893. The molecule has 0 bridgehead atoms. The van der Waals surface area contributed by atoms with Gasteiger partial charge in [0.05, 0.1) is 11.5 Å². The first-order valence-electron chi connectivity index (χ1n) is 6.84. The molecule has 1 saturated carbocycles. The molecule has 0 aromatic heterocycles. The predicted molar refractivity (Wildman–Crippen MR) is 80.7 cm³/mol. The molecule has 0 spiro atoms. The summed E-state index contributed by atoms with van der Waals surface area (Å²) >= 11 is 3.42. The van der Waals surface area contributed by atoms with E-state index < -0.39 is 0 Å². The molecular weight excluding hydrogens is 304 g/mol. The van der Waals surface area contributed by atoms with E-state index in [2.05, 4.69) is 21.2 Å². The molecule has 1 amide bonds. The number of hydrogen-bond donors (Lipinski definition) is 2. The summed E-state index contributed by atoms with van der Waals surface area (Å²) in [6.45, 7) is 2.46. The van der Waals surface area contributed by atoms with Crippen LogP contribution in [0.15, 0.2) is 28.7 Å². The maximum Gasteiger partial charge on any atom is 0.227 e. The minimum absolute atomic E-state index is 0.0182. The molecule has 3 N–H and O–H groups in total. The molecule has 2 rings (SSSR count). The number of nitrogens with one attached hydrogen (secondary N) is 1. The van der Waals surface area contributed by atoms with Gasteiger partial charge in [0.1, 0.15) is 0 Å². The van der Waals surface area contributed by atoms with Crippen LogP contribution in [0.1, 0.15) is 44.2 Å². The van der Waals surface area contributed by atoms with Crippen molar-refractivity contribution in [3.05, 3.63) is 34.3 Å². The lowest BCUT2D eigenvalue weighted by Gasteiger charge is -2.28. The number of benzene rings is 1. The highest BCUT2D eigenvalue weighted by Gasteiger charge is 2.40. The Morgan fingerprint density at radius 2 is 1.95 bits per heavy atom. The second kappa shape index (κ2) is 6.06. The second-order valence-electron chi connectivity index (χ2n) is 5.44. The molecule has 1 aromatic carbocycles. The van der Waals surface area contributed by atoms with Gasteiger partial charge in [-0.15, -0.1) is 0 Å². The van der Waals surface area contributed by atoms with Crippen molar-refractivity contribution in [2.24, 2.45) is 11.1 Å². The number of carbonyl (C=O) groups is 1. The van der Waals surface area contributed by atoms with Gasteiger partial charge in [-0.1, -0.05) is 40.9 Å². The van der Waals surface area contributed by atoms with Gasteiger partial charge in [-0.25, -0.2) is 0 Å². The minimum atomic E-state index is -0.330. The lowest BCUT2D eigenvalue weighted by molar-refractivity contribution is -0.131. The molecule has 1 fully saturated rings. The average molecular weight is 325 g/mol. The molecule has 4 heteroatoms. The van der Waals surface area contributed by atoms with Crippen molar-refractivity contribution in [2.45, 2.75) is 38.6 Å². The van der Waals surface area contributed by atoms with Gasteiger partial charge in [-0.3, -0.25) is 4.79 Å². The highest BCUT2D eigenvalue weighted by molar-refractivity contribution is 9.10. The van der Waals surface area contributed by atoms with E-state index in [4.69, 9.17) is 5.73 Å². The fraction of sp³-hybridized carbons (Fsp3) is 0.533. The van der Waals surface area contributed by atoms with Crippen molar-refractivity contribution in [3.63, 3.8) is 0 Å². The molecule has 0 aliphatic heterocycles. The van der Waals surface area contributed by atoms with E-state index in [1.165, 1.54) is 0 Å². The summed E-state index contributed by atoms with van der Waals surface area (Å²) in [5, 5.41) is 3.12. The molecule has 1 atom stereocenters. The van der Waals surface area contributed by atoms with Gasteiger partial charge >= 0.3 is 0 Å². The van der Waals surface area contributed by atoms with Crippen molar-refractivity contribution in [1.29, 1.82) is 0 Å². The number of amides is 1. The molecule has 104 valence electrons. The lowest BCUT2D eigenvalue weighted by Crippen LogP contribution is -2.44. The SMILES string of the molecule is C[C@H](NC(=O)C1(CN)CCCC1)c1ccc(Br)cc1. The molecule has 0 unspecified atom stereocenters. The summed E-state index contributed by atoms with van der Waals surface area (Å²) in [4.78, 5) is 12.4. The van der Waals surface area contributed by atoms with Crippen LogP contribution in [0.25, 0.3) is 0 Å². The number of rotatable bonds is 4. The van der Waals surface area contributed by atoms with E-state index in [1.807, 2.05) is 31.2 Å². The maximum absolute atomic E-state index is 12.4. The van der Waals surface area contributed by atoms with Crippen LogP contribution in [-0.4, -0.2) is 12.5 Å². The Bertz CT molecular complexity index is 438. The summed E-state index contributed by atoms with van der Waals surface area (Å²) in [5.41, 5.74) is 6.62. The van der Waals surface area contributed by atoms with Crippen molar-refractivity contribution >= 4 is 21.8 Å². The summed E-state index contributed by atoms with van der Waals surface area (Å²) in [6.07, 6.45) is 4.05. The molecule has 1 aliphatic carbocycles. The largest absolute Gasteiger partial charge is 0.349 e. The summed E-state index contributed by atoms with van der Waals surface area (Å²) in [5.74, 6) is 0.114. The van der Waals surface area contributed by atoms with E-state index in [0.29, 0.717) is 6.54 Å². The van der Waals surface area contributed by atoms with Gasteiger partial charge < -0.3 is 11.1 Å². The van der Waals surface area contributed by atoms with Gasteiger partial charge in [0.25, 0.3) is 0 Å². The number of halogens is 1. The number of hydrogen-bond acceptors (Lipinski definition) is 2. The summed E-state index contributed by atoms with van der Waals surface area (Å²) in [7, 11) is 0. The molecule has 1 aromatic rings. The third kappa shape index (κ3) is 3.18. The van der Waals surface area contributed by atoms with Crippen LogP contribution in [0.3, 0.4) is 0 Å². The number of nitrogens with two attached hydrogens (primary N) is 1. The molecule has 0 radical (unpaired) electrons. The first-order chi connectivity index (χ1) is 9.07. The zero-order valence-electron chi connectivity index (χ0n) is 11.3. The Balaban J connectivity index is 2.04. The van der Waals surface area contributed by atoms with Gasteiger partial charge in [0, 0.05) is 11.0 Å². The average Bonchev–Trinajstić information content (AvgIpc) is 2.89. The highest BCUT2D eigenvalue weighted by Crippen LogP contribution is 2.37. The zero-order chi connectivity index (χ0) is 13.9. The topological polar surface area (TPSA) is 55.1 Å². The smallest absolute Gasteiger partial charge is 0.227 e. The Morgan fingerprint density at radius 1 is 1.37 bits per heavy atom. The minimum Gasteiger partial charge on any atom is -0.349 e. The molecule has 3 nitrogen and oxygen atoms in total. The zero-order valence-corrected chi connectivity index (χ0v) is 12.9. The Labute approximate surface area is 123 Å². The van der Waals surface area contributed by atoms with Crippen molar-refractivity contribution in [2.75, 3.05) is 6.54 Å². The highest BCUT2D eigenvalue weighted by atomic mass is 79.9. The van der Waals surface area contributed by atoms with Crippen molar-refractivity contribution < 1.29 is 4.79 Å². The monoisotopic (exact) mass is 324 g/mol. The van der Waals surface area contributed by atoms with E-state index in [0.717, 1.165) is 35.7 Å². The maximum atomic E-state index is 12.4. The fourth-order valence-electron chi connectivity index (χ4n) is 2.76. The van der Waals surface area contributed by atoms with Crippen LogP contribution < -0.4 is 11.1 Å². The van der Waals surface area contributed by atoms with E-state index >= 15 is 0 Å². The Kier molecular flexibility index (Phi) is 4.63. The van der Waals surface area contributed by atoms with Crippen LogP contribution in [0.5, 0.6) is 0 Å². The molecule has 0 heterocycles. The third-order valence-electron chi connectivity index (χ3n) is 4.15. The van der Waals surface area contributed by atoms with Gasteiger partial charge in [0.2, 0.25) is 5.91 Å². The van der Waals surface area contributed by atoms with Crippen LogP contribution in [-0.2, 0) is 4.79 Å². The molecule has 1 aliphatic rings. The molecular formula is C15H21BrN2O. The normalized spacial score (nSPS) is 19.1. The van der Waals surface area contributed by atoms with Crippen LogP contribution in [0.2, 0.25) is 0 Å². The van der Waals surface area contributed by atoms with Crippen molar-refractivity contribution in [1.82, 2.24) is 5.32 Å². The second-order valence-corrected chi connectivity index (χ2v) is 6.35. The third-order valence-corrected chi connectivity index (χ3v) is 4.68. The molecule has 19 heavy (non-hydrogen) atoms. The van der Waals surface area contributed by atoms with E-state index in [-0.39, 0.29) is 17.4 Å². The number of carbonyl (C=O) groups excluding carboxylic acids is 1. The van der Waals surface area contributed by atoms with Gasteiger partial charge in [-0.2, -0.15) is 0 Å². The first-order valence-corrected chi connectivity index (χ1v) is 7.63. The predicted octanol–water partition coefficient (Wildman–Crippen LogP) is 3.15. The standard InChI is InChI=1S/C15H21BrN2O/c1-11(12-4-6-13(16)7-5-12)18-14(19)15(10-17)8-2-3-9-15/h4-7,11H,2-3,8-10,17H2,1H3,(H,18,19)/t11-/m0/s1. The van der Waals surface area contributed by atoms with Gasteiger partial charge in [0.15, 0.2) is 0 Å². The first kappa shape index (κ1) is 14.5. The fourth-order valence-corrected chi connectivity index (χ4v) is 3.02.